The summed E-state index contributed by atoms with van der Waals surface area (Å²) in [5.41, 5.74) is 3.62. The van der Waals surface area contributed by atoms with Gasteiger partial charge >= 0.3 is 0 Å². The molecule has 4 heterocycles. The zero-order valence-electron chi connectivity index (χ0n) is 17.1. The van der Waals surface area contributed by atoms with Crippen LogP contribution >= 0.6 is 24.8 Å². The summed E-state index contributed by atoms with van der Waals surface area (Å²) in [7, 11) is 0. The number of hydrogen-bond donors (Lipinski definition) is 2. The van der Waals surface area contributed by atoms with Gasteiger partial charge in [0.1, 0.15) is 5.75 Å². The molecule has 0 aliphatic carbocycles. The largest absolute Gasteiger partial charge is 0.508 e. The second-order valence-electron chi connectivity index (χ2n) is 8.80. The number of nitrogens with one attached hydrogen (secondary N) is 1. The maximum Gasteiger partial charge on any atom is 0.255 e. The fraction of sp³-hybridized carbons (Fsp3) is 0.522. The van der Waals surface area contributed by atoms with Gasteiger partial charge in [-0.15, -0.1) is 24.8 Å². The molecule has 0 spiro atoms. The van der Waals surface area contributed by atoms with Crippen LogP contribution in [0.1, 0.15) is 47.9 Å². The van der Waals surface area contributed by atoms with E-state index >= 15 is 0 Å². The normalized spacial score (nSPS) is 23.7. The molecule has 0 radical (unpaired) electrons. The number of likely N-dealkylation sites (tertiary alicyclic amines) is 1. The molecule has 3 aliphatic heterocycles. The summed E-state index contributed by atoms with van der Waals surface area (Å²) in [6.45, 7) is 5.64. The topological polar surface area (TPSA) is 57.5 Å². The van der Waals surface area contributed by atoms with Crippen molar-refractivity contribution in [3.63, 3.8) is 0 Å². The number of aromatic hydroxyl groups is 1. The van der Waals surface area contributed by atoms with Gasteiger partial charge in [-0.05, 0) is 74.5 Å². The number of piperidine rings is 2. The number of aromatic nitrogens is 1. The van der Waals surface area contributed by atoms with Gasteiger partial charge in [-0.25, -0.2) is 0 Å². The number of phenols is 1. The minimum atomic E-state index is 0. The van der Waals surface area contributed by atoms with Crippen molar-refractivity contribution in [2.75, 3.05) is 26.2 Å². The van der Waals surface area contributed by atoms with E-state index in [1.54, 1.807) is 6.07 Å². The van der Waals surface area contributed by atoms with E-state index in [2.05, 4.69) is 33.0 Å². The van der Waals surface area contributed by atoms with Crippen molar-refractivity contribution in [3.8, 4) is 5.75 Å². The van der Waals surface area contributed by atoms with Crippen molar-refractivity contribution in [1.82, 2.24) is 14.8 Å². The predicted octanol–water partition coefficient (Wildman–Crippen LogP) is 3.48. The average molecular weight is 452 g/mol. The van der Waals surface area contributed by atoms with Crippen molar-refractivity contribution in [2.45, 2.75) is 44.2 Å². The standard InChI is InChI=1S/C23H29N3O2.2ClH/c27-21-3-1-2-18(11-21)17-6-8-25(9-7-17)15-19-4-5-22-20-10-16(12-24-13-20)14-26(22)23(19)28;;/h1-5,11,16-17,20,24,27H,6-10,12-15H2;2*1H/t16-,20+;;/m0../s1. The SMILES string of the molecule is Cl.Cl.O=c1c(CN2CCC(c3cccc(O)c3)CC2)ccc2n1C[C@@H]1CNC[C@H]2C1. The van der Waals surface area contributed by atoms with E-state index in [9.17, 15) is 9.90 Å². The molecule has 2 saturated heterocycles. The summed E-state index contributed by atoms with van der Waals surface area (Å²) in [4.78, 5) is 15.5. The van der Waals surface area contributed by atoms with Crippen LogP contribution in [0.5, 0.6) is 5.75 Å². The van der Waals surface area contributed by atoms with Crippen LogP contribution in [0.25, 0.3) is 0 Å². The first-order chi connectivity index (χ1) is 13.7. The molecule has 1 aromatic heterocycles. The van der Waals surface area contributed by atoms with E-state index < -0.39 is 0 Å². The Balaban J connectivity index is 0.00000128. The maximum atomic E-state index is 13.1. The van der Waals surface area contributed by atoms with E-state index in [0.29, 0.717) is 23.5 Å². The highest BCUT2D eigenvalue weighted by Crippen LogP contribution is 2.32. The Labute approximate surface area is 190 Å². The van der Waals surface area contributed by atoms with Gasteiger partial charge in [-0.1, -0.05) is 18.2 Å². The summed E-state index contributed by atoms with van der Waals surface area (Å²) in [6, 6.07) is 11.9. The first kappa shape index (κ1) is 23.1. The van der Waals surface area contributed by atoms with Crippen LogP contribution in [0, 0.1) is 5.92 Å². The van der Waals surface area contributed by atoms with Crippen molar-refractivity contribution >= 4 is 24.8 Å². The average Bonchev–Trinajstić information content (AvgIpc) is 2.71. The van der Waals surface area contributed by atoms with Gasteiger partial charge in [-0.2, -0.15) is 0 Å². The highest BCUT2D eigenvalue weighted by Gasteiger charge is 2.31. The fourth-order valence-corrected chi connectivity index (χ4v) is 5.40. The lowest BCUT2D eigenvalue weighted by molar-refractivity contribution is 0.202. The number of nitrogens with zero attached hydrogens (tertiary/aromatic N) is 2. The Morgan fingerprint density at radius 3 is 2.60 bits per heavy atom. The van der Waals surface area contributed by atoms with Crippen LogP contribution in [-0.4, -0.2) is 40.8 Å². The molecule has 0 saturated carbocycles. The number of fused-ring (bicyclic) bond motifs is 4. The molecule has 2 bridgehead atoms. The Hall–Kier alpha value is -1.53. The van der Waals surface area contributed by atoms with Gasteiger partial charge in [0.05, 0.1) is 0 Å². The van der Waals surface area contributed by atoms with E-state index in [-0.39, 0.29) is 30.4 Å². The molecule has 2 atom stereocenters. The van der Waals surface area contributed by atoms with Crippen LogP contribution in [0.4, 0.5) is 0 Å². The second kappa shape index (κ2) is 9.73. The Morgan fingerprint density at radius 1 is 1.03 bits per heavy atom. The molecule has 1 aromatic carbocycles. The van der Waals surface area contributed by atoms with Crippen LogP contribution in [0.3, 0.4) is 0 Å². The number of halogens is 2. The lowest BCUT2D eigenvalue weighted by atomic mass is 9.84. The molecular formula is C23H31Cl2N3O2. The number of benzene rings is 1. The molecule has 30 heavy (non-hydrogen) atoms. The fourth-order valence-electron chi connectivity index (χ4n) is 5.40. The predicted molar refractivity (Wildman–Crippen MR) is 124 cm³/mol. The Bertz CT molecular complexity index is 925. The third-order valence-corrected chi connectivity index (χ3v) is 6.91. The minimum absolute atomic E-state index is 0. The molecule has 5 rings (SSSR count). The summed E-state index contributed by atoms with van der Waals surface area (Å²) < 4.78 is 2.06. The summed E-state index contributed by atoms with van der Waals surface area (Å²) in [5, 5.41) is 13.2. The maximum absolute atomic E-state index is 13.1. The molecule has 2 aromatic rings. The van der Waals surface area contributed by atoms with E-state index in [1.807, 2.05) is 12.1 Å². The Morgan fingerprint density at radius 2 is 1.83 bits per heavy atom. The third-order valence-electron chi connectivity index (χ3n) is 6.91. The van der Waals surface area contributed by atoms with Gasteiger partial charge < -0.3 is 15.0 Å². The van der Waals surface area contributed by atoms with Gasteiger partial charge in [0, 0.05) is 36.8 Å². The quantitative estimate of drug-likeness (QED) is 0.749. The molecule has 3 aliphatic rings. The van der Waals surface area contributed by atoms with Crippen molar-refractivity contribution in [2.24, 2.45) is 5.92 Å². The molecule has 7 heteroatoms. The zero-order valence-corrected chi connectivity index (χ0v) is 18.8. The van der Waals surface area contributed by atoms with E-state index in [0.717, 1.165) is 57.7 Å². The second-order valence-corrected chi connectivity index (χ2v) is 8.80. The van der Waals surface area contributed by atoms with E-state index in [1.165, 1.54) is 17.7 Å². The molecule has 5 nitrogen and oxygen atoms in total. The lowest BCUT2D eigenvalue weighted by Crippen LogP contribution is -2.45. The summed E-state index contributed by atoms with van der Waals surface area (Å²) >= 11 is 0. The first-order valence-electron chi connectivity index (χ1n) is 10.6. The van der Waals surface area contributed by atoms with Crippen LogP contribution in [0.15, 0.2) is 41.2 Å². The first-order valence-corrected chi connectivity index (χ1v) is 10.6. The number of rotatable bonds is 3. The number of phenolic OH excluding ortho intramolecular Hbond substituents is 1. The van der Waals surface area contributed by atoms with Gasteiger partial charge in [-0.3, -0.25) is 9.69 Å². The summed E-state index contributed by atoms with van der Waals surface area (Å²) in [6.07, 6.45) is 3.37. The number of hydrogen-bond acceptors (Lipinski definition) is 4. The van der Waals surface area contributed by atoms with E-state index in [4.69, 9.17) is 0 Å². The monoisotopic (exact) mass is 451 g/mol. The van der Waals surface area contributed by atoms with Crippen LogP contribution in [-0.2, 0) is 13.1 Å². The molecule has 0 amide bonds. The minimum Gasteiger partial charge on any atom is -0.508 e. The highest BCUT2D eigenvalue weighted by molar-refractivity contribution is 5.85. The zero-order chi connectivity index (χ0) is 19.1. The molecule has 0 unspecified atom stereocenters. The molecule has 2 fully saturated rings. The molecule has 164 valence electrons. The van der Waals surface area contributed by atoms with Crippen molar-refractivity contribution in [1.29, 1.82) is 0 Å². The van der Waals surface area contributed by atoms with Crippen molar-refractivity contribution < 1.29 is 5.11 Å². The van der Waals surface area contributed by atoms with Crippen LogP contribution < -0.4 is 10.9 Å². The number of pyridine rings is 1. The molecular weight excluding hydrogens is 421 g/mol. The summed E-state index contributed by atoms with van der Waals surface area (Å²) in [5.74, 6) is 1.94. The smallest absolute Gasteiger partial charge is 0.255 e. The third kappa shape index (κ3) is 4.54. The van der Waals surface area contributed by atoms with Gasteiger partial charge in [0.25, 0.3) is 5.56 Å². The van der Waals surface area contributed by atoms with Gasteiger partial charge in [0.15, 0.2) is 0 Å². The van der Waals surface area contributed by atoms with Gasteiger partial charge in [0.2, 0.25) is 0 Å². The highest BCUT2D eigenvalue weighted by atomic mass is 35.5. The molecule has 2 N–H and O–H groups in total. The van der Waals surface area contributed by atoms with Crippen molar-refractivity contribution in [3.05, 3.63) is 63.6 Å². The van der Waals surface area contributed by atoms with Crippen LogP contribution in [0.2, 0.25) is 0 Å². The lowest BCUT2D eigenvalue weighted by Gasteiger charge is -2.38. The Kier molecular flexibility index (Phi) is 7.51.